The maximum absolute atomic E-state index is 14.3. The van der Waals surface area contributed by atoms with Crippen molar-refractivity contribution < 1.29 is 22.4 Å². The van der Waals surface area contributed by atoms with Gasteiger partial charge in [0.15, 0.2) is 10.8 Å². The van der Waals surface area contributed by atoms with Gasteiger partial charge in [0.1, 0.15) is 23.3 Å². The zero-order valence-electron chi connectivity index (χ0n) is 13.1. The Morgan fingerprint density at radius 1 is 1.04 bits per heavy atom. The molecule has 0 atom stereocenters. The van der Waals surface area contributed by atoms with E-state index < -0.39 is 56.8 Å². The van der Waals surface area contributed by atoms with Gasteiger partial charge in [0.2, 0.25) is 0 Å². The summed E-state index contributed by atoms with van der Waals surface area (Å²) >= 11 is 5.96. The Hall–Kier alpha value is -3.20. The van der Waals surface area contributed by atoms with Gasteiger partial charge in [0.05, 0.1) is 16.9 Å². The molecule has 0 saturated carbocycles. The predicted octanol–water partition coefficient (Wildman–Crippen LogP) is 3.21. The second-order valence-electron chi connectivity index (χ2n) is 5.33. The number of benzene rings is 2. The molecule has 0 aliphatic carbocycles. The van der Waals surface area contributed by atoms with Gasteiger partial charge >= 0.3 is 0 Å². The number of carbonyl (C=O) groups is 1. The lowest BCUT2D eigenvalue weighted by Gasteiger charge is -2.16. The van der Waals surface area contributed by atoms with Crippen molar-refractivity contribution in [3.63, 3.8) is 0 Å². The second-order valence-corrected chi connectivity index (χ2v) is 5.69. The Bertz CT molecular complexity index is 1120. The van der Waals surface area contributed by atoms with E-state index in [9.17, 15) is 27.2 Å². The first-order valence-electron chi connectivity index (χ1n) is 7.24. The highest BCUT2D eigenvalue weighted by Gasteiger charge is 2.26. The van der Waals surface area contributed by atoms with Crippen LogP contribution in [0.15, 0.2) is 41.2 Å². The lowest BCUT2D eigenvalue weighted by molar-refractivity contribution is 0.0993. The van der Waals surface area contributed by atoms with Gasteiger partial charge in [-0.05, 0) is 18.2 Å². The summed E-state index contributed by atoms with van der Waals surface area (Å²) in [6, 6.07) is 5.12. The summed E-state index contributed by atoms with van der Waals surface area (Å²) in [5, 5.41) is -0.669. The van der Waals surface area contributed by atoms with E-state index in [1.165, 1.54) is 12.1 Å². The van der Waals surface area contributed by atoms with Crippen LogP contribution in [-0.4, -0.2) is 15.5 Å². The number of amides is 1. The Morgan fingerprint density at radius 3 is 2.22 bits per heavy atom. The van der Waals surface area contributed by atoms with Crippen molar-refractivity contribution in [1.29, 1.82) is 0 Å². The van der Waals surface area contributed by atoms with Crippen molar-refractivity contribution in [3.05, 3.63) is 80.9 Å². The molecule has 10 heteroatoms. The monoisotopic (exact) mass is 397 g/mol. The normalized spacial score (nSPS) is 10.9. The van der Waals surface area contributed by atoms with Crippen molar-refractivity contribution in [2.24, 2.45) is 5.73 Å². The summed E-state index contributed by atoms with van der Waals surface area (Å²) in [5.74, 6) is -6.00. The number of halogens is 5. The van der Waals surface area contributed by atoms with E-state index in [-0.39, 0.29) is 5.69 Å². The first-order valence-corrected chi connectivity index (χ1v) is 7.61. The van der Waals surface area contributed by atoms with Crippen LogP contribution in [0.4, 0.5) is 17.6 Å². The van der Waals surface area contributed by atoms with E-state index >= 15 is 0 Å². The van der Waals surface area contributed by atoms with Crippen molar-refractivity contribution in [2.75, 3.05) is 0 Å². The molecule has 0 aliphatic rings. The molecule has 2 aromatic carbocycles. The molecule has 2 N–H and O–H groups in total. The molecular weight excluding hydrogens is 390 g/mol. The molecule has 1 aromatic heterocycles. The van der Waals surface area contributed by atoms with Crippen molar-refractivity contribution >= 4 is 17.5 Å². The smallest absolute Gasteiger partial charge is 0.287 e. The van der Waals surface area contributed by atoms with Crippen LogP contribution in [0.3, 0.4) is 0 Å². The number of hydrogen-bond acceptors (Lipinski definition) is 3. The fourth-order valence-corrected chi connectivity index (χ4v) is 2.77. The third-order valence-electron chi connectivity index (χ3n) is 3.58. The minimum absolute atomic E-state index is 0.204. The number of aromatic nitrogens is 2. The summed E-state index contributed by atoms with van der Waals surface area (Å²) in [7, 11) is 0. The highest BCUT2D eigenvalue weighted by Crippen LogP contribution is 2.32. The second kappa shape index (κ2) is 6.84. The molecule has 0 spiro atoms. The summed E-state index contributed by atoms with van der Waals surface area (Å²) in [4.78, 5) is 27.6. The fraction of sp³-hybridized carbons (Fsp3) is 0. The van der Waals surface area contributed by atoms with Crippen LogP contribution in [0.2, 0.25) is 5.15 Å². The van der Waals surface area contributed by atoms with Crippen LogP contribution in [-0.2, 0) is 0 Å². The molecule has 0 saturated heterocycles. The average Bonchev–Trinajstić information content (AvgIpc) is 2.56. The van der Waals surface area contributed by atoms with E-state index in [0.29, 0.717) is 16.7 Å². The van der Waals surface area contributed by atoms with E-state index in [1.54, 1.807) is 0 Å². The van der Waals surface area contributed by atoms with Gasteiger partial charge in [-0.1, -0.05) is 17.7 Å². The van der Waals surface area contributed by atoms with Crippen LogP contribution < -0.4 is 11.3 Å². The van der Waals surface area contributed by atoms with E-state index in [1.807, 2.05) is 0 Å². The number of primary amides is 1. The molecule has 0 unspecified atom stereocenters. The standard InChI is InChI=1S/C17H8ClF4N3O2/c18-15-14(12-10(21)5-8(20)6-11(12)22)25(9-3-1-2-7(19)4-9)17(27)13(24-15)16(23)26/h1-6H,(H2,23,26). The van der Waals surface area contributed by atoms with Crippen LogP contribution in [0.5, 0.6) is 0 Å². The lowest BCUT2D eigenvalue weighted by atomic mass is 10.1. The zero-order chi connectivity index (χ0) is 19.9. The minimum atomic E-state index is -1.38. The van der Waals surface area contributed by atoms with Gasteiger partial charge in [-0.2, -0.15) is 0 Å². The Morgan fingerprint density at radius 2 is 1.67 bits per heavy atom. The molecule has 0 bridgehead atoms. The molecule has 138 valence electrons. The van der Waals surface area contributed by atoms with Crippen molar-refractivity contribution in [2.45, 2.75) is 0 Å². The maximum atomic E-state index is 14.3. The molecular formula is C17H8ClF4N3O2. The lowest BCUT2D eigenvalue weighted by Crippen LogP contribution is -2.32. The fourth-order valence-electron chi connectivity index (χ4n) is 2.50. The van der Waals surface area contributed by atoms with Crippen LogP contribution in [0.1, 0.15) is 10.5 Å². The van der Waals surface area contributed by atoms with Gasteiger partial charge in [0, 0.05) is 12.1 Å². The Labute approximate surface area is 153 Å². The molecule has 3 rings (SSSR count). The Kier molecular flexibility index (Phi) is 4.71. The zero-order valence-corrected chi connectivity index (χ0v) is 13.9. The SMILES string of the molecule is NC(=O)c1nc(Cl)c(-c2c(F)cc(F)cc2F)n(-c2cccc(F)c2)c1=O. The summed E-state index contributed by atoms with van der Waals surface area (Å²) < 4.78 is 56.1. The number of rotatable bonds is 3. The minimum Gasteiger partial charge on any atom is -0.364 e. The number of nitrogens with zero attached hydrogens (tertiary/aromatic N) is 2. The van der Waals surface area contributed by atoms with Gasteiger partial charge in [-0.3, -0.25) is 14.2 Å². The van der Waals surface area contributed by atoms with E-state index in [0.717, 1.165) is 12.1 Å². The van der Waals surface area contributed by atoms with Gasteiger partial charge in [0.25, 0.3) is 11.5 Å². The van der Waals surface area contributed by atoms with Crippen LogP contribution >= 0.6 is 11.6 Å². The number of carbonyl (C=O) groups excluding carboxylic acids is 1. The maximum Gasteiger partial charge on any atom is 0.287 e. The van der Waals surface area contributed by atoms with Gasteiger partial charge in [-0.25, -0.2) is 22.5 Å². The first kappa shape index (κ1) is 18.6. The van der Waals surface area contributed by atoms with Crippen molar-refractivity contribution in [3.8, 4) is 16.9 Å². The third-order valence-corrected chi connectivity index (χ3v) is 3.84. The summed E-state index contributed by atoms with van der Waals surface area (Å²) in [6.07, 6.45) is 0. The molecule has 1 amide bonds. The van der Waals surface area contributed by atoms with Crippen molar-refractivity contribution in [1.82, 2.24) is 9.55 Å². The third kappa shape index (κ3) is 3.28. The predicted molar refractivity (Wildman–Crippen MR) is 88.6 cm³/mol. The average molecular weight is 398 g/mol. The molecule has 0 fully saturated rings. The topological polar surface area (TPSA) is 78.0 Å². The molecule has 27 heavy (non-hydrogen) atoms. The summed E-state index contributed by atoms with van der Waals surface area (Å²) in [6.45, 7) is 0. The highest BCUT2D eigenvalue weighted by atomic mass is 35.5. The summed E-state index contributed by atoms with van der Waals surface area (Å²) in [5.41, 5.74) is 1.36. The van der Waals surface area contributed by atoms with E-state index in [2.05, 4.69) is 4.98 Å². The molecule has 5 nitrogen and oxygen atoms in total. The quantitative estimate of drug-likeness (QED) is 0.689. The molecule has 0 aliphatic heterocycles. The molecule has 1 heterocycles. The molecule has 3 aromatic rings. The van der Waals surface area contributed by atoms with Gasteiger partial charge in [-0.15, -0.1) is 0 Å². The van der Waals surface area contributed by atoms with Crippen LogP contribution in [0.25, 0.3) is 16.9 Å². The number of hydrogen-bond donors (Lipinski definition) is 1. The highest BCUT2D eigenvalue weighted by molar-refractivity contribution is 6.32. The van der Waals surface area contributed by atoms with Gasteiger partial charge < -0.3 is 5.73 Å². The first-order chi connectivity index (χ1) is 12.7. The van der Waals surface area contributed by atoms with Crippen LogP contribution in [0, 0.1) is 23.3 Å². The largest absolute Gasteiger partial charge is 0.364 e. The number of nitrogens with two attached hydrogens (primary N) is 1. The Balaban J connectivity index is 2.51. The van der Waals surface area contributed by atoms with E-state index in [4.69, 9.17) is 17.3 Å². The molecule has 0 radical (unpaired) electrons.